The lowest BCUT2D eigenvalue weighted by molar-refractivity contribution is -0.134. The van der Waals surface area contributed by atoms with Gasteiger partial charge < -0.3 is 10.6 Å². The minimum atomic E-state index is -0.539. The van der Waals surface area contributed by atoms with Gasteiger partial charge in [-0.15, -0.1) is 0 Å². The van der Waals surface area contributed by atoms with Crippen LogP contribution in [-0.2, 0) is 16.1 Å². The molecule has 2 N–H and O–H groups in total. The number of rotatable bonds is 5. The van der Waals surface area contributed by atoms with Crippen molar-refractivity contribution in [2.24, 2.45) is 0 Å². The average molecular weight is 351 g/mol. The zero-order chi connectivity index (χ0) is 18.5. The van der Waals surface area contributed by atoms with Crippen molar-refractivity contribution < 1.29 is 14.4 Å². The fraction of sp³-hybridized carbons (Fsp3) is 0.250. The summed E-state index contributed by atoms with van der Waals surface area (Å²) >= 11 is 0. The average Bonchev–Trinajstić information content (AvgIpc) is 2.63. The molecule has 2 aromatic rings. The largest absolute Gasteiger partial charge is 0.350 e. The standard InChI is InChI=1S/C20H21N3O3/c1-14-6-5-9-16(10-14)17-11-19(25)23(20(26)22-17)13-18(24)21-12-15-7-3-2-4-8-15/h2-10,17H,11-13H2,1H3,(H,21,24)(H,22,26)/t17-/m0/s1. The minimum Gasteiger partial charge on any atom is -0.350 e. The second-order valence-corrected chi connectivity index (χ2v) is 6.36. The van der Waals surface area contributed by atoms with E-state index >= 15 is 0 Å². The molecule has 1 aliphatic heterocycles. The van der Waals surface area contributed by atoms with Crippen LogP contribution in [0.5, 0.6) is 0 Å². The Hall–Kier alpha value is -3.15. The van der Waals surface area contributed by atoms with E-state index in [-0.39, 0.29) is 30.8 Å². The maximum Gasteiger partial charge on any atom is 0.325 e. The molecule has 1 fully saturated rings. The number of hydrogen-bond acceptors (Lipinski definition) is 3. The number of hydrogen-bond donors (Lipinski definition) is 2. The van der Waals surface area contributed by atoms with Crippen LogP contribution in [0.25, 0.3) is 0 Å². The highest BCUT2D eigenvalue weighted by molar-refractivity contribution is 6.00. The van der Waals surface area contributed by atoms with E-state index in [1.807, 2.05) is 61.5 Å². The molecule has 1 atom stereocenters. The molecule has 1 saturated heterocycles. The molecule has 3 rings (SSSR count). The Labute approximate surface area is 152 Å². The molecule has 4 amide bonds. The van der Waals surface area contributed by atoms with Gasteiger partial charge in [0.1, 0.15) is 6.54 Å². The molecule has 6 nitrogen and oxygen atoms in total. The lowest BCUT2D eigenvalue weighted by atomic mass is 9.99. The summed E-state index contributed by atoms with van der Waals surface area (Å²) in [5.41, 5.74) is 2.90. The summed E-state index contributed by atoms with van der Waals surface area (Å²) in [5.74, 6) is -0.721. The van der Waals surface area contributed by atoms with Crippen LogP contribution in [-0.4, -0.2) is 29.3 Å². The fourth-order valence-electron chi connectivity index (χ4n) is 2.92. The number of benzene rings is 2. The first-order valence-electron chi connectivity index (χ1n) is 8.51. The number of imide groups is 1. The summed E-state index contributed by atoms with van der Waals surface area (Å²) in [7, 11) is 0. The number of nitrogens with zero attached hydrogens (tertiary/aromatic N) is 1. The van der Waals surface area contributed by atoms with E-state index < -0.39 is 6.03 Å². The summed E-state index contributed by atoms with van der Waals surface area (Å²) in [4.78, 5) is 37.7. The molecule has 1 aliphatic rings. The third-order valence-corrected chi connectivity index (χ3v) is 4.30. The van der Waals surface area contributed by atoms with E-state index in [4.69, 9.17) is 0 Å². The van der Waals surface area contributed by atoms with Crippen molar-refractivity contribution in [2.75, 3.05) is 6.54 Å². The van der Waals surface area contributed by atoms with Crippen molar-refractivity contribution in [3.05, 3.63) is 71.3 Å². The van der Waals surface area contributed by atoms with Crippen molar-refractivity contribution >= 4 is 17.8 Å². The Morgan fingerprint density at radius 3 is 2.62 bits per heavy atom. The number of carbonyl (C=O) groups is 3. The SMILES string of the molecule is Cc1cccc([C@@H]2CC(=O)N(CC(=O)NCc3ccccc3)C(=O)N2)c1. The van der Waals surface area contributed by atoms with Gasteiger partial charge in [0.2, 0.25) is 11.8 Å². The fourth-order valence-corrected chi connectivity index (χ4v) is 2.92. The van der Waals surface area contributed by atoms with Gasteiger partial charge in [0, 0.05) is 6.54 Å². The van der Waals surface area contributed by atoms with Crippen LogP contribution in [0.2, 0.25) is 0 Å². The topological polar surface area (TPSA) is 78.5 Å². The number of amides is 4. The van der Waals surface area contributed by atoms with Crippen molar-refractivity contribution in [1.29, 1.82) is 0 Å². The quantitative estimate of drug-likeness (QED) is 0.867. The van der Waals surface area contributed by atoms with Crippen LogP contribution in [0, 0.1) is 6.92 Å². The van der Waals surface area contributed by atoms with E-state index in [1.54, 1.807) is 0 Å². The first kappa shape index (κ1) is 17.7. The van der Waals surface area contributed by atoms with E-state index in [9.17, 15) is 14.4 Å². The Bertz CT molecular complexity index is 802. The highest BCUT2D eigenvalue weighted by Crippen LogP contribution is 2.23. The van der Waals surface area contributed by atoms with Crippen molar-refractivity contribution in [2.45, 2.75) is 25.9 Å². The predicted molar refractivity (Wildman–Crippen MR) is 97.1 cm³/mol. The lowest BCUT2D eigenvalue weighted by Crippen LogP contribution is -2.54. The molecule has 1 heterocycles. The van der Waals surface area contributed by atoms with Gasteiger partial charge in [0.25, 0.3) is 0 Å². The van der Waals surface area contributed by atoms with Gasteiger partial charge in [-0.25, -0.2) is 4.79 Å². The molecule has 0 aliphatic carbocycles. The molecule has 0 spiro atoms. The van der Waals surface area contributed by atoms with Crippen LogP contribution in [0.4, 0.5) is 4.79 Å². The Kier molecular flexibility index (Phi) is 5.31. The molecule has 2 aromatic carbocycles. The molecular formula is C20H21N3O3. The Morgan fingerprint density at radius 2 is 1.92 bits per heavy atom. The smallest absolute Gasteiger partial charge is 0.325 e. The molecule has 0 saturated carbocycles. The summed E-state index contributed by atoms with van der Waals surface area (Å²) in [6.07, 6.45) is 0.140. The second-order valence-electron chi connectivity index (χ2n) is 6.36. The Balaban J connectivity index is 1.57. The first-order valence-corrected chi connectivity index (χ1v) is 8.51. The summed E-state index contributed by atoms with van der Waals surface area (Å²) in [6, 6.07) is 16.2. The van der Waals surface area contributed by atoms with Crippen molar-refractivity contribution in [3.63, 3.8) is 0 Å². The minimum absolute atomic E-state index is 0.140. The van der Waals surface area contributed by atoms with Gasteiger partial charge in [-0.05, 0) is 18.1 Å². The first-order chi connectivity index (χ1) is 12.5. The molecular weight excluding hydrogens is 330 g/mol. The van der Waals surface area contributed by atoms with Gasteiger partial charge in [-0.1, -0.05) is 60.2 Å². The summed E-state index contributed by atoms with van der Waals surface area (Å²) in [6.45, 7) is 2.03. The van der Waals surface area contributed by atoms with Crippen LogP contribution in [0.1, 0.15) is 29.2 Å². The molecule has 0 bridgehead atoms. The molecule has 6 heteroatoms. The van der Waals surface area contributed by atoms with E-state index in [1.165, 1.54) is 0 Å². The third-order valence-electron chi connectivity index (χ3n) is 4.30. The van der Waals surface area contributed by atoms with Gasteiger partial charge >= 0.3 is 6.03 Å². The third kappa shape index (κ3) is 4.27. The van der Waals surface area contributed by atoms with Crippen molar-refractivity contribution in [1.82, 2.24) is 15.5 Å². The monoisotopic (exact) mass is 351 g/mol. The zero-order valence-electron chi connectivity index (χ0n) is 14.6. The molecule has 0 radical (unpaired) electrons. The highest BCUT2D eigenvalue weighted by atomic mass is 16.2. The number of aryl methyl sites for hydroxylation is 1. The van der Waals surface area contributed by atoms with E-state index in [0.29, 0.717) is 6.54 Å². The number of carbonyl (C=O) groups excluding carboxylic acids is 3. The number of nitrogens with one attached hydrogen (secondary N) is 2. The Morgan fingerprint density at radius 1 is 1.15 bits per heavy atom. The van der Waals surface area contributed by atoms with Crippen LogP contribution in [0.3, 0.4) is 0 Å². The normalized spacial score (nSPS) is 17.0. The maximum absolute atomic E-state index is 12.4. The van der Waals surface area contributed by atoms with E-state index in [2.05, 4.69) is 10.6 Å². The van der Waals surface area contributed by atoms with Gasteiger partial charge in [-0.2, -0.15) is 0 Å². The maximum atomic E-state index is 12.4. The van der Waals surface area contributed by atoms with E-state index in [0.717, 1.165) is 21.6 Å². The van der Waals surface area contributed by atoms with Gasteiger partial charge in [0.05, 0.1) is 12.5 Å². The summed E-state index contributed by atoms with van der Waals surface area (Å²) in [5, 5.41) is 5.53. The molecule has 26 heavy (non-hydrogen) atoms. The summed E-state index contributed by atoms with van der Waals surface area (Å²) < 4.78 is 0. The van der Waals surface area contributed by atoms with Gasteiger partial charge in [-0.3, -0.25) is 14.5 Å². The molecule has 0 aromatic heterocycles. The van der Waals surface area contributed by atoms with Crippen molar-refractivity contribution in [3.8, 4) is 0 Å². The van der Waals surface area contributed by atoms with Crippen LogP contribution < -0.4 is 10.6 Å². The number of urea groups is 1. The zero-order valence-corrected chi connectivity index (χ0v) is 14.6. The van der Waals surface area contributed by atoms with Crippen LogP contribution >= 0.6 is 0 Å². The van der Waals surface area contributed by atoms with Crippen LogP contribution in [0.15, 0.2) is 54.6 Å². The lowest BCUT2D eigenvalue weighted by Gasteiger charge is -2.31. The molecule has 134 valence electrons. The highest BCUT2D eigenvalue weighted by Gasteiger charge is 2.33. The predicted octanol–water partition coefficient (Wildman–Crippen LogP) is 2.29. The second kappa shape index (κ2) is 7.82. The van der Waals surface area contributed by atoms with Gasteiger partial charge in [0.15, 0.2) is 0 Å². The molecule has 0 unspecified atom stereocenters.